The fourth-order valence-corrected chi connectivity index (χ4v) is 1.87. The van der Waals surface area contributed by atoms with Gasteiger partial charge in [-0.3, -0.25) is 0 Å². The molecule has 0 N–H and O–H groups in total. The molecule has 0 saturated carbocycles. The fraction of sp³-hybridized carbons (Fsp3) is 0.333. The van der Waals surface area contributed by atoms with Gasteiger partial charge in [0.2, 0.25) is 0 Å². The van der Waals surface area contributed by atoms with E-state index in [2.05, 4.69) is 62.4 Å². The molecule has 0 nitrogen and oxygen atoms in total. The number of hydrogen-bond acceptors (Lipinski definition) is 0. The van der Waals surface area contributed by atoms with E-state index in [1.807, 2.05) is 6.92 Å². The molecule has 15 heavy (non-hydrogen) atoms. The van der Waals surface area contributed by atoms with E-state index in [0.717, 1.165) is 6.42 Å². The standard InChI is InChI=1S/C15H20/c1-4-6-10-13(3)15(5-2)14-11-8-7-9-12-14/h4,6-12,15H,5H2,1-3H3/b6-4-,13-10+. The normalized spacial score (nSPS) is 14.5. The first-order chi connectivity index (χ1) is 7.29. The largest absolute Gasteiger partial charge is 0.0877 e. The molecule has 1 atom stereocenters. The summed E-state index contributed by atoms with van der Waals surface area (Å²) in [5.74, 6) is 0.558. The van der Waals surface area contributed by atoms with Crippen molar-refractivity contribution in [1.29, 1.82) is 0 Å². The summed E-state index contributed by atoms with van der Waals surface area (Å²) in [7, 11) is 0. The van der Waals surface area contributed by atoms with Crippen molar-refractivity contribution in [2.75, 3.05) is 0 Å². The third-order valence-electron chi connectivity index (χ3n) is 2.71. The van der Waals surface area contributed by atoms with E-state index in [0.29, 0.717) is 5.92 Å². The first-order valence-electron chi connectivity index (χ1n) is 5.64. The van der Waals surface area contributed by atoms with Crippen molar-refractivity contribution in [3.05, 3.63) is 59.7 Å². The number of allylic oxidation sites excluding steroid dienone is 4. The van der Waals surface area contributed by atoms with Crippen molar-refractivity contribution in [2.45, 2.75) is 33.1 Å². The highest BCUT2D eigenvalue weighted by molar-refractivity contribution is 5.29. The summed E-state index contributed by atoms with van der Waals surface area (Å²) in [5.41, 5.74) is 2.85. The first-order valence-corrected chi connectivity index (χ1v) is 5.64. The number of benzene rings is 1. The average Bonchev–Trinajstić information content (AvgIpc) is 2.29. The molecule has 0 heteroatoms. The maximum Gasteiger partial charge on any atom is 0.00458 e. The lowest BCUT2D eigenvalue weighted by atomic mass is 9.89. The SMILES string of the molecule is C/C=C\C=C(/C)C(CC)c1ccccc1. The molecule has 0 spiro atoms. The van der Waals surface area contributed by atoms with Gasteiger partial charge in [-0.1, -0.05) is 61.1 Å². The topological polar surface area (TPSA) is 0 Å². The van der Waals surface area contributed by atoms with Gasteiger partial charge in [0, 0.05) is 5.92 Å². The van der Waals surface area contributed by atoms with Crippen LogP contribution in [-0.2, 0) is 0 Å². The van der Waals surface area contributed by atoms with Gasteiger partial charge in [0.15, 0.2) is 0 Å². The molecule has 0 fully saturated rings. The predicted octanol–water partition coefficient (Wildman–Crippen LogP) is 4.70. The Bertz CT molecular complexity index is 330. The quantitative estimate of drug-likeness (QED) is 0.618. The minimum absolute atomic E-state index is 0.558. The maximum atomic E-state index is 2.24. The molecule has 0 heterocycles. The summed E-state index contributed by atoms with van der Waals surface area (Å²) in [5, 5.41) is 0. The molecule has 0 aromatic heterocycles. The molecule has 0 aliphatic rings. The lowest BCUT2D eigenvalue weighted by Crippen LogP contribution is -1.98. The van der Waals surface area contributed by atoms with Gasteiger partial charge in [-0.25, -0.2) is 0 Å². The predicted molar refractivity (Wildman–Crippen MR) is 68.0 cm³/mol. The zero-order valence-electron chi connectivity index (χ0n) is 9.90. The Balaban J connectivity index is 2.89. The summed E-state index contributed by atoms with van der Waals surface area (Å²) in [6.45, 7) is 6.50. The van der Waals surface area contributed by atoms with Gasteiger partial charge in [0.05, 0.1) is 0 Å². The van der Waals surface area contributed by atoms with Gasteiger partial charge in [-0.15, -0.1) is 0 Å². The summed E-state index contributed by atoms with van der Waals surface area (Å²) >= 11 is 0. The molecule has 0 aliphatic heterocycles. The van der Waals surface area contributed by atoms with Crippen LogP contribution in [-0.4, -0.2) is 0 Å². The third-order valence-corrected chi connectivity index (χ3v) is 2.71. The van der Waals surface area contributed by atoms with Gasteiger partial charge in [0.1, 0.15) is 0 Å². The Morgan fingerprint density at radius 1 is 1.27 bits per heavy atom. The average molecular weight is 200 g/mol. The van der Waals surface area contributed by atoms with Crippen molar-refractivity contribution in [2.24, 2.45) is 0 Å². The molecule has 0 aliphatic carbocycles. The summed E-state index contributed by atoms with van der Waals surface area (Å²) in [4.78, 5) is 0. The van der Waals surface area contributed by atoms with Crippen molar-refractivity contribution >= 4 is 0 Å². The van der Waals surface area contributed by atoms with Crippen LogP contribution >= 0.6 is 0 Å². The third kappa shape index (κ3) is 3.39. The second-order valence-corrected chi connectivity index (χ2v) is 3.81. The zero-order valence-corrected chi connectivity index (χ0v) is 9.90. The summed E-state index contributed by atoms with van der Waals surface area (Å²) < 4.78 is 0. The highest BCUT2D eigenvalue weighted by Gasteiger charge is 2.09. The summed E-state index contributed by atoms with van der Waals surface area (Å²) in [6, 6.07) is 10.7. The van der Waals surface area contributed by atoms with E-state index in [1.165, 1.54) is 11.1 Å². The number of rotatable bonds is 4. The van der Waals surface area contributed by atoms with Gasteiger partial charge in [-0.2, -0.15) is 0 Å². The molecule has 1 unspecified atom stereocenters. The first kappa shape index (κ1) is 11.8. The highest BCUT2D eigenvalue weighted by Crippen LogP contribution is 2.26. The van der Waals surface area contributed by atoms with E-state index in [9.17, 15) is 0 Å². The number of hydrogen-bond donors (Lipinski definition) is 0. The molecule has 0 bridgehead atoms. The van der Waals surface area contributed by atoms with Crippen LogP contribution < -0.4 is 0 Å². The van der Waals surface area contributed by atoms with Crippen molar-refractivity contribution in [3.8, 4) is 0 Å². The van der Waals surface area contributed by atoms with Crippen LogP contribution in [0.15, 0.2) is 54.1 Å². The minimum atomic E-state index is 0.558. The van der Waals surface area contributed by atoms with Crippen LogP contribution in [0.5, 0.6) is 0 Å². The van der Waals surface area contributed by atoms with Gasteiger partial charge < -0.3 is 0 Å². The fourth-order valence-electron chi connectivity index (χ4n) is 1.87. The van der Waals surface area contributed by atoms with E-state index in [1.54, 1.807) is 0 Å². The Morgan fingerprint density at radius 2 is 1.93 bits per heavy atom. The van der Waals surface area contributed by atoms with E-state index in [-0.39, 0.29) is 0 Å². The second-order valence-electron chi connectivity index (χ2n) is 3.81. The van der Waals surface area contributed by atoms with Gasteiger partial charge in [-0.05, 0) is 25.8 Å². The van der Waals surface area contributed by atoms with Crippen molar-refractivity contribution in [1.82, 2.24) is 0 Å². The maximum absolute atomic E-state index is 2.24. The van der Waals surface area contributed by atoms with Crippen LogP contribution in [0.2, 0.25) is 0 Å². The Morgan fingerprint density at radius 3 is 2.47 bits per heavy atom. The van der Waals surface area contributed by atoms with Crippen LogP contribution in [0.4, 0.5) is 0 Å². The van der Waals surface area contributed by atoms with Crippen LogP contribution in [0.25, 0.3) is 0 Å². The van der Waals surface area contributed by atoms with E-state index in [4.69, 9.17) is 0 Å². The lowest BCUT2D eigenvalue weighted by Gasteiger charge is -2.15. The van der Waals surface area contributed by atoms with E-state index >= 15 is 0 Å². The lowest BCUT2D eigenvalue weighted by molar-refractivity contribution is 0.759. The Labute approximate surface area is 93.3 Å². The molecule has 0 radical (unpaired) electrons. The zero-order chi connectivity index (χ0) is 11.1. The van der Waals surface area contributed by atoms with Crippen molar-refractivity contribution in [3.63, 3.8) is 0 Å². The van der Waals surface area contributed by atoms with Crippen LogP contribution in [0.3, 0.4) is 0 Å². The summed E-state index contributed by atoms with van der Waals surface area (Å²) in [6.07, 6.45) is 7.55. The molecule has 1 rings (SSSR count). The van der Waals surface area contributed by atoms with Crippen LogP contribution in [0, 0.1) is 0 Å². The molecule has 1 aromatic carbocycles. The smallest absolute Gasteiger partial charge is 0.00458 e. The van der Waals surface area contributed by atoms with Gasteiger partial charge in [0.25, 0.3) is 0 Å². The highest BCUT2D eigenvalue weighted by atomic mass is 14.1. The Hall–Kier alpha value is -1.30. The van der Waals surface area contributed by atoms with Crippen molar-refractivity contribution < 1.29 is 0 Å². The molecular formula is C15H20. The molecule has 80 valence electrons. The molecular weight excluding hydrogens is 180 g/mol. The van der Waals surface area contributed by atoms with Gasteiger partial charge >= 0.3 is 0 Å². The molecule has 0 saturated heterocycles. The monoisotopic (exact) mass is 200 g/mol. The molecule has 1 aromatic rings. The Kier molecular flexibility index (Phi) is 4.89. The molecule has 0 amide bonds. The van der Waals surface area contributed by atoms with Crippen LogP contribution in [0.1, 0.15) is 38.7 Å². The van der Waals surface area contributed by atoms with E-state index < -0.39 is 0 Å². The second kappa shape index (κ2) is 6.23. The minimum Gasteiger partial charge on any atom is -0.0877 e.